The highest BCUT2D eigenvalue weighted by Gasteiger charge is 2.10. The SMILES string of the molecule is CCCCCCCCCCCCCCCCCCC(CCCCCCCCCCCCCCCC)CC(C)C. The van der Waals surface area contributed by atoms with Crippen LogP contribution in [0, 0.1) is 11.8 Å². The monoisotopic (exact) mass is 549 g/mol. The van der Waals surface area contributed by atoms with Crippen LogP contribution in [-0.2, 0) is 0 Å². The van der Waals surface area contributed by atoms with E-state index in [2.05, 4.69) is 27.7 Å². The number of hydrogen-bond acceptors (Lipinski definition) is 0. The van der Waals surface area contributed by atoms with Gasteiger partial charge in [-0.3, -0.25) is 0 Å². The number of unbranched alkanes of at least 4 members (excludes halogenated alkanes) is 28. The fraction of sp³-hybridized carbons (Fsp3) is 1.00. The summed E-state index contributed by atoms with van der Waals surface area (Å²) < 4.78 is 0. The summed E-state index contributed by atoms with van der Waals surface area (Å²) in [5, 5.41) is 0. The van der Waals surface area contributed by atoms with E-state index in [0.717, 1.165) is 11.8 Å². The number of rotatable bonds is 34. The van der Waals surface area contributed by atoms with Crippen molar-refractivity contribution in [1.29, 1.82) is 0 Å². The summed E-state index contributed by atoms with van der Waals surface area (Å²) in [5.74, 6) is 1.89. The molecule has 0 heterocycles. The highest BCUT2D eigenvalue weighted by atomic mass is 14.2. The molecule has 0 nitrogen and oxygen atoms in total. The van der Waals surface area contributed by atoms with E-state index in [-0.39, 0.29) is 0 Å². The molecule has 236 valence electrons. The lowest BCUT2D eigenvalue weighted by molar-refractivity contribution is 0.338. The summed E-state index contributed by atoms with van der Waals surface area (Å²) in [6.07, 6.45) is 48.8. The first-order valence-electron chi connectivity index (χ1n) is 19.2. The lowest BCUT2D eigenvalue weighted by Gasteiger charge is -2.19. The molecule has 0 saturated carbocycles. The summed E-state index contributed by atoms with van der Waals surface area (Å²) >= 11 is 0. The van der Waals surface area contributed by atoms with Crippen LogP contribution < -0.4 is 0 Å². The van der Waals surface area contributed by atoms with Crippen molar-refractivity contribution >= 4 is 0 Å². The minimum Gasteiger partial charge on any atom is -0.0654 e. The normalized spacial score (nSPS) is 12.5. The van der Waals surface area contributed by atoms with Gasteiger partial charge in [0.05, 0.1) is 0 Å². The molecule has 0 aromatic carbocycles. The molecule has 0 bridgehead atoms. The lowest BCUT2D eigenvalue weighted by Crippen LogP contribution is -2.05. The molecule has 0 fully saturated rings. The van der Waals surface area contributed by atoms with Crippen molar-refractivity contribution in [3.05, 3.63) is 0 Å². The molecule has 0 spiro atoms. The molecule has 0 aromatic heterocycles. The van der Waals surface area contributed by atoms with Crippen LogP contribution in [0.15, 0.2) is 0 Å². The quantitative estimate of drug-likeness (QED) is 0.0701. The first kappa shape index (κ1) is 39.0. The maximum atomic E-state index is 2.44. The molecule has 39 heavy (non-hydrogen) atoms. The molecular weight excluding hydrogens is 468 g/mol. The predicted molar refractivity (Wildman–Crippen MR) is 182 cm³/mol. The van der Waals surface area contributed by atoms with E-state index in [1.165, 1.54) is 212 Å². The maximum absolute atomic E-state index is 2.44. The smallest absolute Gasteiger partial charge is 0.0412 e. The molecule has 0 saturated heterocycles. The van der Waals surface area contributed by atoms with Gasteiger partial charge < -0.3 is 0 Å². The average molecular weight is 549 g/mol. The molecule has 0 aromatic rings. The van der Waals surface area contributed by atoms with Crippen molar-refractivity contribution in [3.8, 4) is 0 Å². The van der Waals surface area contributed by atoms with Gasteiger partial charge in [-0.05, 0) is 18.3 Å². The largest absolute Gasteiger partial charge is 0.0654 e. The summed E-state index contributed by atoms with van der Waals surface area (Å²) in [7, 11) is 0. The van der Waals surface area contributed by atoms with Crippen LogP contribution in [0.25, 0.3) is 0 Å². The van der Waals surface area contributed by atoms with Gasteiger partial charge in [0.2, 0.25) is 0 Å². The van der Waals surface area contributed by atoms with Crippen LogP contribution in [0.5, 0.6) is 0 Å². The third-order valence-corrected chi connectivity index (χ3v) is 9.24. The first-order chi connectivity index (χ1) is 19.2. The highest BCUT2D eigenvalue weighted by Crippen LogP contribution is 2.25. The van der Waals surface area contributed by atoms with Crippen molar-refractivity contribution in [2.24, 2.45) is 11.8 Å². The van der Waals surface area contributed by atoms with E-state index < -0.39 is 0 Å². The first-order valence-corrected chi connectivity index (χ1v) is 19.2. The summed E-state index contributed by atoms with van der Waals surface area (Å²) in [5.41, 5.74) is 0. The van der Waals surface area contributed by atoms with Gasteiger partial charge in [0.15, 0.2) is 0 Å². The maximum Gasteiger partial charge on any atom is -0.0412 e. The molecule has 0 aliphatic carbocycles. The molecule has 0 aliphatic heterocycles. The van der Waals surface area contributed by atoms with E-state index in [1.807, 2.05) is 0 Å². The van der Waals surface area contributed by atoms with Gasteiger partial charge in [-0.1, -0.05) is 233 Å². The zero-order chi connectivity index (χ0) is 28.5. The van der Waals surface area contributed by atoms with Gasteiger partial charge in [0.1, 0.15) is 0 Å². The van der Waals surface area contributed by atoms with Crippen molar-refractivity contribution in [2.45, 2.75) is 240 Å². The Bertz CT molecular complexity index is 410. The van der Waals surface area contributed by atoms with Crippen LogP contribution in [0.1, 0.15) is 240 Å². The zero-order valence-corrected chi connectivity index (χ0v) is 28.5. The van der Waals surface area contributed by atoms with E-state index in [4.69, 9.17) is 0 Å². The van der Waals surface area contributed by atoms with Crippen molar-refractivity contribution < 1.29 is 0 Å². The Balaban J connectivity index is 3.47. The third-order valence-electron chi connectivity index (χ3n) is 9.24. The zero-order valence-electron chi connectivity index (χ0n) is 28.5. The van der Waals surface area contributed by atoms with E-state index >= 15 is 0 Å². The number of hydrogen-bond donors (Lipinski definition) is 0. The van der Waals surface area contributed by atoms with E-state index in [9.17, 15) is 0 Å². The molecule has 0 aliphatic rings. The van der Waals surface area contributed by atoms with Crippen LogP contribution in [0.2, 0.25) is 0 Å². The van der Waals surface area contributed by atoms with Gasteiger partial charge in [-0.15, -0.1) is 0 Å². The van der Waals surface area contributed by atoms with Gasteiger partial charge >= 0.3 is 0 Å². The Morgan fingerprint density at radius 1 is 0.282 bits per heavy atom. The summed E-state index contributed by atoms with van der Waals surface area (Å²) in [6, 6.07) is 0. The molecule has 0 N–H and O–H groups in total. The Kier molecular flexibility index (Phi) is 34.2. The van der Waals surface area contributed by atoms with Gasteiger partial charge in [0.25, 0.3) is 0 Å². The molecule has 0 heteroatoms. The summed E-state index contributed by atoms with van der Waals surface area (Å²) in [4.78, 5) is 0. The Hall–Kier alpha value is 0. The lowest BCUT2D eigenvalue weighted by atomic mass is 9.87. The summed E-state index contributed by atoms with van der Waals surface area (Å²) in [6.45, 7) is 9.50. The second-order valence-electron chi connectivity index (χ2n) is 14.0. The van der Waals surface area contributed by atoms with Crippen LogP contribution >= 0.6 is 0 Å². The Morgan fingerprint density at radius 2 is 0.487 bits per heavy atom. The molecule has 1 unspecified atom stereocenters. The molecule has 0 amide bonds. The van der Waals surface area contributed by atoms with Crippen molar-refractivity contribution in [2.75, 3.05) is 0 Å². The topological polar surface area (TPSA) is 0 Å². The predicted octanol–water partition coefficient (Wildman–Crippen LogP) is 15.2. The Morgan fingerprint density at radius 3 is 0.692 bits per heavy atom. The van der Waals surface area contributed by atoms with Gasteiger partial charge in [0, 0.05) is 0 Å². The fourth-order valence-electron chi connectivity index (χ4n) is 6.66. The van der Waals surface area contributed by atoms with E-state index in [0.29, 0.717) is 0 Å². The van der Waals surface area contributed by atoms with Crippen LogP contribution in [0.4, 0.5) is 0 Å². The molecule has 1 atom stereocenters. The second kappa shape index (κ2) is 34.2. The molecule has 0 rings (SSSR count). The highest BCUT2D eigenvalue weighted by molar-refractivity contribution is 4.63. The third kappa shape index (κ3) is 34.1. The standard InChI is InChI=1S/C39H80/c1-5-7-9-11-13-15-17-19-21-22-24-26-28-30-32-34-36-39(37-38(3)4)35-33-31-29-27-25-23-20-18-16-14-12-10-8-6-2/h38-39H,5-37H2,1-4H3. The van der Waals surface area contributed by atoms with Gasteiger partial charge in [-0.25, -0.2) is 0 Å². The van der Waals surface area contributed by atoms with Gasteiger partial charge in [-0.2, -0.15) is 0 Å². The van der Waals surface area contributed by atoms with Crippen molar-refractivity contribution in [1.82, 2.24) is 0 Å². The van der Waals surface area contributed by atoms with Crippen molar-refractivity contribution in [3.63, 3.8) is 0 Å². The average Bonchev–Trinajstić information content (AvgIpc) is 2.92. The fourth-order valence-corrected chi connectivity index (χ4v) is 6.66. The molecular formula is C39H80. The second-order valence-corrected chi connectivity index (χ2v) is 14.0. The van der Waals surface area contributed by atoms with E-state index in [1.54, 1.807) is 0 Å². The minimum absolute atomic E-state index is 0.878. The minimum atomic E-state index is 0.878. The van der Waals surface area contributed by atoms with Crippen LogP contribution in [0.3, 0.4) is 0 Å². The Labute approximate surface area is 251 Å². The molecule has 0 radical (unpaired) electrons. The van der Waals surface area contributed by atoms with Crippen LogP contribution in [-0.4, -0.2) is 0 Å².